The zero-order valence-corrected chi connectivity index (χ0v) is 17.4. The molecule has 0 radical (unpaired) electrons. The van der Waals surface area contributed by atoms with Gasteiger partial charge in [-0.25, -0.2) is 0 Å². The van der Waals surface area contributed by atoms with E-state index in [0.717, 1.165) is 32.3 Å². The van der Waals surface area contributed by atoms with E-state index >= 15 is 0 Å². The number of nitrogens with zero attached hydrogens (tertiary/aromatic N) is 2. The SMILES string of the molecule is Cc1cc(NC(=O)CCC(=O)N(CC(=O)NC[C@@H]2CCCO2)C[C@@H]2CCCO2)no1. The Kier molecular flexibility index (Phi) is 8.21. The van der Waals surface area contributed by atoms with Crippen LogP contribution in [-0.4, -0.2) is 72.8 Å². The molecule has 1 aromatic heterocycles. The van der Waals surface area contributed by atoms with Gasteiger partial charge < -0.3 is 29.5 Å². The Morgan fingerprint density at radius 1 is 1.10 bits per heavy atom. The van der Waals surface area contributed by atoms with E-state index in [-0.39, 0.29) is 49.3 Å². The highest BCUT2D eigenvalue weighted by atomic mass is 16.5. The summed E-state index contributed by atoms with van der Waals surface area (Å²) in [6.07, 6.45) is 3.68. The number of hydrogen-bond donors (Lipinski definition) is 2. The highest BCUT2D eigenvalue weighted by Crippen LogP contribution is 2.15. The van der Waals surface area contributed by atoms with Crippen LogP contribution in [0.5, 0.6) is 0 Å². The molecule has 3 heterocycles. The molecule has 166 valence electrons. The van der Waals surface area contributed by atoms with Gasteiger partial charge in [0, 0.05) is 45.2 Å². The van der Waals surface area contributed by atoms with E-state index < -0.39 is 0 Å². The Morgan fingerprint density at radius 2 is 1.83 bits per heavy atom. The number of hydrogen-bond acceptors (Lipinski definition) is 7. The third-order valence-electron chi connectivity index (χ3n) is 5.15. The molecule has 0 aliphatic carbocycles. The standard InChI is InChI=1S/C20H30N4O6/c1-14-10-17(23-30-14)22-18(25)6-7-20(27)24(12-16-5-3-9-29-16)13-19(26)21-11-15-4-2-8-28-15/h10,15-16H,2-9,11-13H2,1H3,(H,21,26)(H,22,23,25)/t15-,16-/m0/s1. The van der Waals surface area contributed by atoms with Crippen molar-refractivity contribution in [3.8, 4) is 0 Å². The van der Waals surface area contributed by atoms with Crippen molar-refractivity contribution in [3.63, 3.8) is 0 Å². The van der Waals surface area contributed by atoms with Crippen LogP contribution in [-0.2, 0) is 23.9 Å². The molecular formula is C20H30N4O6. The summed E-state index contributed by atoms with van der Waals surface area (Å²) in [4.78, 5) is 38.7. The van der Waals surface area contributed by atoms with E-state index in [1.165, 1.54) is 4.90 Å². The number of nitrogens with one attached hydrogen (secondary N) is 2. The van der Waals surface area contributed by atoms with Gasteiger partial charge in [0.05, 0.1) is 18.8 Å². The van der Waals surface area contributed by atoms with E-state index in [0.29, 0.717) is 31.3 Å². The second-order valence-electron chi connectivity index (χ2n) is 7.72. The number of carbonyl (C=O) groups excluding carboxylic acids is 3. The molecule has 10 heteroatoms. The Labute approximate surface area is 175 Å². The molecule has 2 aliphatic rings. The van der Waals surface area contributed by atoms with E-state index in [1.54, 1.807) is 13.0 Å². The average molecular weight is 422 g/mol. The predicted octanol–water partition coefficient (Wildman–Crippen LogP) is 1.00. The summed E-state index contributed by atoms with van der Waals surface area (Å²) >= 11 is 0. The van der Waals surface area contributed by atoms with Crippen LogP contribution in [0.4, 0.5) is 5.82 Å². The first-order chi connectivity index (χ1) is 14.5. The molecule has 0 spiro atoms. The van der Waals surface area contributed by atoms with Gasteiger partial charge in [0.15, 0.2) is 5.82 Å². The van der Waals surface area contributed by atoms with Gasteiger partial charge in [0.1, 0.15) is 5.76 Å². The molecular weight excluding hydrogens is 392 g/mol. The topological polar surface area (TPSA) is 123 Å². The number of carbonyl (C=O) groups is 3. The number of anilines is 1. The first-order valence-corrected chi connectivity index (χ1v) is 10.5. The molecule has 2 atom stereocenters. The molecule has 2 aliphatic heterocycles. The summed E-state index contributed by atoms with van der Waals surface area (Å²) in [6.45, 7) is 3.84. The number of ether oxygens (including phenoxy) is 2. The Hall–Kier alpha value is -2.46. The van der Waals surface area contributed by atoms with Gasteiger partial charge >= 0.3 is 0 Å². The molecule has 2 saturated heterocycles. The zero-order chi connectivity index (χ0) is 21.3. The maximum absolute atomic E-state index is 12.7. The van der Waals surface area contributed by atoms with Crippen molar-refractivity contribution in [3.05, 3.63) is 11.8 Å². The molecule has 0 bridgehead atoms. The van der Waals surface area contributed by atoms with Gasteiger partial charge in [-0.15, -0.1) is 0 Å². The minimum Gasteiger partial charge on any atom is -0.376 e. The number of rotatable bonds is 10. The highest BCUT2D eigenvalue weighted by molar-refractivity contribution is 5.93. The number of aromatic nitrogens is 1. The lowest BCUT2D eigenvalue weighted by Gasteiger charge is -2.25. The second-order valence-corrected chi connectivity index (χ2v) is 7.72. The van der Waals surface area contributed by atoms with Crippen LogP contribution < -0.4 is 10.6 Å². The van der Waals surface area contributed by atoms with Gasteiger partial charge in [-0.2, -0.15) is 0 Å². The van der Waals surface area contributed by atoms with Crippen molar-refractivity contribution in [2.75, 3.05) is 38.2 Å². The Morgan fingerprint density at radius 3 is 2.47 bits per heavy atom. The molecule has 2 N–H and O–H groups in total. The molecule has 1 aromatic rings. The van der Waals surface area contributed by atoms with Crippen molar-refractivity contribution in [2.24, 2.45) is 0 Å². The zero-order valence-electron chi connectivity index (χ0n) is 17.4. The third-order valence-corrected chi connectivity index (χ3v) is 5.15. The molecule has 0 saturated carbocycles. The summed E-state index contributed by atoms with van der Waals surface area (Å²) in [7, 11) is 0. The summed E-state index contributed by atoms with van der Waals surface area (Å²) < 4.78 is 16.0. The summed E-state index contributed by atoms with van der Waals surface area (Å²) in [5, 5.41) is 9.13. The van der Waals surface area contributed by atoms with Crippen LogP contribution in [0.25, 0.3) is 0 Å². The molecule has 30 heavy (non-hydrogen) atoms. The molecule has 0 aromatic carbocycles. The van der Waals surface area contributed by atoms with Gasteiger partial charge in [0.25, 0.3) is 0 Å². The Bertz CT molecular complexity index is 725. The number of aryl methyl sites for hydroxylation is 1. The van der Waals surface area contributed by atoms with Crippen LogP contribution in [0.2, 0.25) is 0 Å². The quantitative estimate of drug-likeness (QED) is 0.577. The fourth-order valence-corrected chi connectivity index (χ4v) is 3.56. The van der Waals surface area contributed by atoms with Crippen LogP contribution in [0.15, 0.2) is 10.6 Å². The summed E-state index contributed by atoms with van der Waals surface area (Å²) in [5.74, 6) is 0.0629. The molecule has 2 fully saturated rings. The molecule has 3 rings (SSSR count). The summed E-state index contributed by atoms with van der Waals surface area (Å²) in [6, 6.07) is 1.60. The van der Waals surface area contributed by atoms with Crippen molar-refractivity contribution in [1.82, 2.24) is 15.4 Å². The fourth-order valence-electron chi connectivity index (χ4n) is 3.56. The summed E-state index contributed by atoms with van der Waals surface area (Å²) in [5.41, 5.74) is 0. The van der Waals surface area contributed by atoms with E-state index in [4.69, 9.17) is 14.0 Å². The minimum absolute atomic E-state index is 0.00555. The van der Waals surface area contributed by atoms with Gasteiger partial charge in [0.2, 0.25) is 17.7 Å². The number of amides is 3. The van der Waals surface area contributed by atoms with E-state index in [1.807, 2.05) is 0 Å². The average Bonchev–Trinajstić information content (AvgIpc) is 3.48. The predicted molar refractivity (Wildman–Crippen MR) is 107 cm³/mol. The Balaban J connectivity index is 1.47. The second kappa shape index (κ2) is 11.1. The van der Waals surface area contributed by atoms with Crippen molar-refractivity contribution in [1.29, 1.82) is 0 Å². The lowest BCUT2D eigenvalue weighted by Crippen LogP contribution is -2.45. The maximum Gasteiger partial charge on any atom is 0.239 e. The third kappa shape index (κ3) is 7.10. The van der Waals surface area contributed by atoms with Crippen molar-refractivity contribution < 1.29 is 28.4 Å². The first-order valence-electron chi connectivity index (χ1n) is 10.5. The van der Waals surface area contributed by atoms with Crippen LogP contribution >= 0.6 is 0 Å². The molecule has 10 nitrogen and oxygen atoms in total. The molecule has 3 amide bonds. The van der Waals surface area contributed by atoms with Gasteiger partial charge in [-0.3, -0.25) is 14.4 Å². The normalized spacial score (nSPS) is 20.8. The van der Waals surface area contributed by atoms with Crippen molar-refractivity contribution >= 4 is 23.5 Å². The van der Waals surface area contributed by atoms with Gasteiger partial charge in [-0.1, -0.05) is 5.16 Å². The monoisotopic (exact) mass is 422 g/mol. The van der Waals surface area contributed by atoms with Crippen molar-refractivity contribution in [2.45, 2.75) is 57.7 Å². The van der Waals surface area contributed by atoms with Crippen LogP contribution in [0, 0.1) is 6.92 Å². The van der Waals surface area contributed by atoms with Crippen LogP contribution in [0.1, 0.15) is 44.3 Å². The smallest absolute Gasteiger partial charge is 0.239 e. The first kappa shape index (κ1) is 22.2. The van der Waals surface area contributed by atoms with E-state index in [9.17, 15) is 14.4 Å². The minimum atomic E-state index is -0.337. The van der Waals surface area contributed by atoms with Gasteiger partial charge in [-0.05, 0) is 32.6 Å². The molecule has 0 unspecified atom stereocenters. The lowest BCUT2D eigenvalue weighted by molar-refractivity contribution is -0.138. The lowest BCUT2D eigenvalue weighted by atomic mass is 10.2. The maximum atomic E-state index is 12.7. The van der Waals surface area contributed by atoms with Crippen LogP contribution in [0.3, 0.4) is 0 Å². The highest BCUT2D eigenvalue weighted by Gasteiger charge is 2.25. The van der Waals surface area contributed by atoms with E-state index in [2.05, 4.69) is 15.8 Å². The largest absolute Gasteiger partial charge is 0.376 e. The fraction of sp³-hybridized carbons (Fsp3) is 0.700.